The molecule has 1 heterocycles. The minimum absolute atomic E-state index is 0.938. The molecule has 0 bridgehead atoms. The van der Waals surface area contributed by atoms with Crippen LogP contribution >= 0.6 is 0 Å². The standard InChI is InChI=1S/C9H10N2.C3H8/c1-2-11-9-6-4-3-5-8(9)7-10-11;1-3-2/h3-7H,2H2,1H3;3H2,1-2H3. The Hall–Kier alpha value is -1.31. The van der Waals surface area contributed by atoms with Gasteiger partial charge in [-0.15, -0.1) is 0 Å². The van der Waals surface area contributed by atoms with Gasteiger partial charge in [-0.1, -0.05) is 38.5 Å². The fraction of sp³-hybridized carbons (Fsp3) is 0.417. The molecule has 76 valence electrons. The van der Waals surface area contributed by atoms with E-state index in [9.17, 15) is 0 Å². The molecule has 0 saturated heterocycles. The molecule has 0 atom stereocenters. The maximum absolute atomic E-state index is 4.23. The van der Waals surface area contributed by atoms with Crippen LogP contribution in [0.2, 0.25) is 0 Å². The highest BCUT2D eigenvalue weighted by atomic mass is 15.3. The Kier molecular flexibility index (Phi) is 4.17. The van der Waals surface area contributed by atoms with Crippen LogP contribution < -0.4 is 0 Å². The number of hydrogen-bond acceptors (Lipinski definition) is 1. The molecule has 2 aromatic rings. The summed E-state index contributed by atoms with van der Waals surface area (Å²) < 4.78 is 2.00. The second kappa shape index (κ2) is 5.43. The molecule has 0 aliphatic carbocycles. The highest BCUT2D eigenvalue weighted by molar-refractivity contribution is 5.78. The van der Waals surface area contributed by atoms with Crippen LogP contribution in [-0.4, -0.2) is 9.78 Å². The Morgan fingerprint density at radius 2 is 1.79 bits per heavy atom. The van der Waals surface area contributed by atoms with E-state index in [1.165, 1.54) is 17.3 Å². The molecule has 2 heteroatoms. The van der Waals surface area contributed by atoms with Gasteiger partial charge in [0.15, 0.2) is 0 Å². The lowest BCUT2D eigenvalue weighted by Gasteiger charge is -1.95. The minimum atomic E-state index is 0.938. The number of fused-ring (bicyclic) bond motifs is 1. The van der Waals surface area contributed by atoms with Gasteiger partial charge < -0.3 is 0 Å². The van der Waals surface area contributed by atoms with E-state index in [0.717, 1.165) is 6.54 Å². The van der Waals surface area contributed by atoms with Crippen molar-refractivity contribution >= 4 is 10.9 Å². The molecule has 0 unspecified atom stereocenters. The van der Waals surface area contributed by atoms with Crippen LogP contribution in [0.15, 0.2) is 30.5 Å². The van der Waals surface area contributed by atoms with Crippen molar-refractivity contribution in [2.24, 2.45) is 0 Å². The molecule has 1 aromatic carbocycles. The maximum atomic E-state index is 4.23. The Bertz CT molecular complexity index is 376. The third-order valence-electron chi connectivity index (χ3n) is 1.85. The summed E-state index contributed by atoms with van der Waals surface area (Å²) in [5.41, 5.74) is 1.22. The monoisotopic (exact) mass is 190 g/mol. The fourth-order valence-electron chi connectivity index (χ4n) is 1.28. The Labute approximate surface area is 85.6 Å². The molecule has 14 heavy (non-hydrogen) atoms. The van der Waals surface area contributed by atoms with E-state index in [1.807, 2.05) is 23.0 Å². The lowest BCUT2D eigenvalue weighted by molar-refractivity contribution is 0.684. The third-order valence-corrected chi connectivity index (χ3v) is 1.85. The van der Waals surface area contributed by atoms with Crippen LogP contribution in [0.1, 0.15) is 27.2 Å². The first-order valence-electron chi connectivity index (χ1n) is 5.24. The third kappa shape index (κ3) is 2.34. The largest absolute Gasteiger partial charge is 0.265 e. The molecule has 0 N–H and O–H groups in total. The predicted octanol–water partition coefficient (Wildman–Crippen LogP) is 3.47. The summed E-state index contributed by atoms with van der Waals surface area (Å²) in [7, 11) is 0. The van der Waals surface area contributed by atoms with Gasteiger partial charge in [0.2, 0.25) is 0 Å². The summed E-state index contributed by atoms with van der Waals surface area (Å²) >= 11 is 0. The highest BCUT2D eigenvalue weighted by Crippen LogP contribution is 2.11. The van der Waals surface area contributed by atoms with Gasteiger partial charge in [0.1, 0.15) is 0 Å². The molecule has 0 aliphatic heterocycles. The Balaban J connectivity index is 0.000000293. The summed E-state index contributed by atoms with van der Waals surface area (Å²) in [5, 5.41) is 5.45. The number of para-hydroxylation sites is 1. The second-order valence-electron chi connectivity index (χ2n) is 3.23. The first kappa shape index (κ1) is 10.8. The topological polar surface area (TPSA) is 17.8 Å². The molecule has 0 saturated carbocycles. The lowest BCUT2D eigenvalue weighted by Crippen LogP contribution is -1.94. The van der Waals surface area contributed by atoms with Gasteiger partial charge in [0, 0.05) is 11.9 Å². The van der Waals surface area contributed by atoms with E-state index >= 15 is 0 Å². The number of hydrogen-bond donors (Lipinski definition) is 0. The summed E-state index contributed by atoms with van der Waals surface area (Å²) in [6, 6.07) is 8.24. The van der Waals surface area contributed by atoms with Gasteiger partial charge in [-0.2, -0.15) is 5.10 Å². The van der Waals surface area contributed by atoms with Crippen molar-refractivity contribution in [3.63, 3.8) is 0 Å². The molecule has 1 aromatic heterocycles. The SMILES string of the molecule is CCC.CCn1ncc2ccccc21. The zero-order valence-electron chi connectivity index (χ0n) is 9.20. The predicted molar refractivity (Wildman–Crippen MR) is 61.4 cm³/mol. The van der Waals surface area contributed by atoms with E-state index in [0.29, 0.717) is 0 Å². The maximum Gasteiger partial charge on any atom is 0.0682 e. The van der Waals surface area contributed by atoms with Crippen molar-refractivity contribution in [1.29, 1.82) is 0 Å². The second-order valence-corrected chi connectivity index (χ2v) is 3.23. The molecule has 0 fully saturated rings. The van der Waals surface area contributed by atoms with Crippen molar-refractivity contribution in [3.05, 3.63) is 30.5 Å². The fourth-order valence-corrected chi connectivity index (χ4v) is 1.28. The van der Waals surface area contributed by atoms with Crippen LogP contribution in [-0.2, 0) is 6.54 Å². The smallest absolute Gasteiger partial charge is 0.0682 e. The van der Waals surface area contributed by atoms with Crippen LogP contribution in [0.25, 0.3) is 10.9 Å². The zero-order valence-corrected chi connectivity index (χ0v) is 9.20. The van der Waals surface area contributed by atoms with E-state index in [-0.39, 0.29) is 0 Å². The molecular weight excluding hydrogens is 172 g/mol. The molecule has 0 amide bonds. The average Bonchev–Trinajstić information content (AvgIpc) is 2.62. The van der Waals surface area contributed by atoms with Gasteiger partial charge in [-0.05, 0) is 13.0 Å². The van der Waals surface area contributed by atoms with Gasteiger partial charge in [0.25, 0.3) is 0 Å². The molecule has 0 spiro atoms. The molecule has 0 radical (unpaired) electrons. The van der Waals surface area contributed by atoms with Gasteiger partial charge >= 0.3 is 0 Å². The average molecular weight is 190 g/mol. The summed E-state index contributed by atoms with van der Waals surface area (Å²) in [4.78, 5) is 0. The van der Waals surface area contributed by atoms with E-state index in [1.54, 1.807) is 0 Å². The first-order valence-corrected chi connectivity index (χ1v) is 5.24. The van der Waals surface area contributed by atoms with Crippen molar-refractivity contribution < 1.29 is 0 Å². The Morgan fingerprint density at radius 3 is 2.43 bits per heavy atom. The minimum Gasteiger partial charge on any atom is -0.265 e. The summed E-state index contributed by atoms with van der Waals surface area (Å²) in [6.07, 6.45) is 3.15. The molecule has 2 nitrogen and oxygen atoms in total. The van der Waals surface area contributed by atoms with Crippen LogP contribution in [0.3, 0.4) is 0 Å². The van der Waals surface area contributed by atoms with Crippen molar-refractivity contribution in [3.8, 4) is 0 Å². The number of nitrogens with zero attached hydrogens (tertiary/aromatic N) is 2. The normalized spacial score (nSPS) is 9.64. The first-order chi connectivity index (χ1) is 6.83. The zero-order chi connectivity index (χ0) is 10.4. The molecule has 0 aliphatic rings. The Morgan fingerprint density at radius 1 is 1.14 bits per heavy atom. The van der Waals surface area contributed by atoms with Gasteiger partial charge in [0.05, 0.1) is 11.7 Å². The van der Waals surface area contributed by atoms with Crippen molar-refractivity contribution in [2.45, 2.75) is 33.7 Å². The van der Waals surface area contributed by atoms with E-state index < -0.39 is 0 Å². The number of aromatic nitrogens is 2. The van der Waals surface area contributed by atoms with Gasteiger partial charge in [-0.3, -0.25) is 4.68 Å². The van der Waals surface area contributed by atoms with E-state index in [4.69, 9.17) is 0 Å². The van der Waals surface area contributed by atoms with Crippen molar-refractivity contribution in [1.82, 2.24) is 9.78 Å². The number of aryl methyl sites for hydroxylation is 1. The number of rotatable bonds is 1. The number of benzene rings is 1. The van der Waals surface area contributed by atoms with Crippen molar-refractivity contribution in [2.75, 3.05) is 0 Å². The van der Waals surface area contributed by atoms with Crippen LogP contribution in [0, 0.1) is 0 Å². The van der Waals surface area contributed by atoms with Crippen LogP contribution in [0.4, 0.5) is 0 Å². The molecule has 2 rings (SSSR count). The highest BCUT2D eigenvalue weighted by Gasteiger charge is 1.96. The van der Waals surface area contributed by atoms with E-state index in [2.05, 4.69) is 38.0 Å². The summed E-state index contributed by atoms with van der Waals surface area (Å²) in [5.74, 6) is 0. The van der Waals surface area contributed by atoms with Gasteiger partial charge in [-0.25, -0.2) is 0 Å². The molecular formula is C12H18N2. The van der Waals surface area contributed by atoms with Crippen LogP contribution in [0.5, 0.6) is 0 Å². The lowest BCUT2D eigenvalue weighted by atomic mass is 10.3. The summed E-state index contributed by atoms with van der Waals surface area (Å²) in [6.45, 7) is 7.28. The quantitative estimate of drug-likeness (QED) is 0.673.